The molecule has 1 aliphatic carbocycles. The third kappa shape index (κ3) is 3.52. The highest BCUT2D eigenvalue weighted by Gasteiger charge is 2.42. The van der Waals surface area contributed by atoms with Crippen molar-refractivity contribution in [1.82, 2.24) is 4.72 Å². The Hall–Kier alpha value is -0.620. The summed E-state index contributed by atoms with van der Waals surface area (Å²) in [5.41, 5.74) is 6.47. The number of nitrogens with two attached hydrogens (primary N) is 1. The molecule has 0 heterocycles. The molecular weight excluding hydrogens is 296 g/mol. The normalized spacial score (nSPS) is 17.1. The second kappa shape index (κ2) is 6.02. The molecule has 0 aromatic heterocycles. The number of rotatable bonds is 7. The number of sulfonamides is 1. The maximum absolute atomic E-state index is 12.4. The standard InChI is InChI=1S/C14H21ClN2O2S/c1-2-5-14(6-7-14)10-17-20(18,19)13-8-11(9-16)3-4-12(13)15/h3-4,8,17H,2,5-7,9-10,16H2,1H3. The highest BCUT2D eigenvalue weighted by Crippen LogP contribution is 2.49. The summed E-state index contributed by atoms with van der Waals surface area (Å²) in [5, 5.41) is 0.232. The van der Waals surface area contributed by atoms with E-state index in [2.05, 4.69) is 11.6 Å². The van der Waals surface area contributed by atoms with Gasteiger partial charge in [0.15, 0.2) is 0 Å². The van der Waals surface area contributed by atoms with Gasteiger partial charge in [0.05, 0.1) is 5.02 Å². The van der Waals surface area contributed by atoms with Gasteiger partial charge in [-0.15, -0.1) is 0 Å². The molecule has 3 N–H and O–H groups in total. The van der Waals surface area contributed by atoms with E-state index in [0.717, 1.165) is 31.2 Å². The van der Waals surface area contributed by atoms with Crippen molar-refractivity contribution in [2.75, 3.05) is 6.54 Å². The van der Waals surface area contributed by atoms with E-state index in [1.807, 2.05) is 0 Å². The van der Waals surface area contributed by atoms with Crippen molar-refractivity contribution in [3.63, 3.8) is 0 Å². The largest absolute Gasteiger partial charge is 0.326 e. The van der Waals surface area contributed by atoms with Crippen LogP contribution in [0.3, 0.4) is 0 Å². The van der Waals surface area contributed by atoms with Crippen LogP contribution in [-0.4, -0.2) is 15.0 Å². The quantitative estimate of drug-likeness (QED) is 0.812. The maximum atomic E-state index is 12.4. The number of hydrogen-bond acceptors (Lipinski definition) is 3. The van der Waals surface area contributed by atoms with Crippen molar-refractivity contribution in [2.45, 2.75) is 44.0 Å². The fourth-order valence-corrected chi connectivity index (χ4v) is 4.13. The predicted molar refractivity (Wildman–Crippen MR) is 81.1 cm³/mol. The molecule has 4 nitrogen and oxygen atoms in total. The Bertz CT molecular complexity index is 583. The van der Waals surface area contributed by atoms with Crippen molar-refractivity contribution in [1.29, 1.82) is 0 Å². The minimum Gasteiger partial charge on any atom is -0.326 e. The lowest BCUT2D eigenvalue weighted by molar-refractivity contribution is 0.449. The molecule has 0 bridgehead atoms. The van der Waals surface area contributed by atoms with E-state index < -0.39 is 10.0 Å². The van der Waals surface area contributed by atoms with Crippen LogP contribution in [0.25, 0.3) is 0 Å². The van der Waals surface area contributed by atoms with Crippen molar-refractivity contribution in [3.8, 4) is 0 Å². The molecule has 0 radical (unpaired) electrons. The fraction of sp³-hybridized carbons (Fsp3) is 0.571. The van der Waals surface area contributed by atoms with Crippen molar-refractivity contribution >= 4 is 21.6 Å². The number of hydrogen-bond donors (Lipinski definition) is 2. The Labute approximate surface area is 125 Å². The summed E-state index contributed by atoms with van der Waals surface area (Å²) >= 11 is 6.00. The molecule has 0 spiro atoms. The van der Waals surface area contributed by atoms with Crippen LogP contribution in [0.5, 0.6) is 0 Å². The molecule has 20 heavy (non-hydrogen) atoms. The molecule has 0 saturated heterocycles. The summed E-state index contributed by atoms with van der Waals surface area (Å²) in [6.45, 7) is 2.90. The lowest BCUT2D eigenvalue weighted by Gasteiger charge is -2.16. The van der Waals surface area contributed by atoms with E-state index in [1.165, 1.54) is 0 Å². The second-order valence-corrected chi connectivity index (χ2v) is 7.69. The second-order valence-electron chi connectivity index (χ2n) is 5.54. The van der Waals surface area contributed by atoms with Crippen LogP contribution in [0.2, 0.25) is 5.02 Å². The third-order valence-corrected chi connectivity index (χ3v) is 5.78. The summed E-state index contributed by atoms with van der Waals surface area (Å²) in [4.78, 5) is 0.120. The van der Waals surface area contributed by atoms with Gasteiger partial charge in [-0.1, -0.05) is 31.0 Å². The molecule has 1 fully saturated rings. The van der Waals surface area contributed by atoms with E-state index in [1.54, 1.807) is 18.2 Å². The van der Waals surface area contributed by atoms with Gasteiger partial charge in [-0.05, 0) is 42.4 Å². The van der Waals surface area contributed by atoms with Gasteiger partial charge in [0.2, 0.25) is 10.0 Å². The first-order valence-electron chi connectivity index (χ1n) is 6.91. The summed E-state index contributed by atoms with van der Waals surface area (Å²) in [5.74, 6) is 0. The molecule has 0 unspecified atom stereocenters. The molecule has 0 amide bonds. The average Bonchev–Trinajstić information content (AvgIpc) is 3.18. The zero-order valence-corrected chi connectivity index (χ0v) is 13.2. The van der Waals surface area contributed by atoms with Crippen LogP contribution in [0.15, 0.2) is 23.1 Å². The minimum atomic E-state index is -3.57. The monoisotopic (exact) mass is 316 g/mol. The number of halogens is 1. The summed E-state index contributed by atoms with van der Waals surface area (Å²) in [7, 11) is -3.57. The highest BCUT2D eigenvalue weighted by atomic mass is 35.5. The first-order valence-corrected chi connectivity index (χ1v) is 8.77. The Morgan fingerprint density at radius 1 is 1.40 bits per heavy atom. The van der Waals surface area contributed by atoms with Crippen molar-refractivity contribution in [2.24, 2.45) is 11.1 Å². The lowest BCUT2D eigenvalue weighted by Crippen LogP contribution is -2.30. The van der Waals surface area contributed by atoms with Gasteiger partial charge < -0.3 is 5.73 Å². The first kappa shape index (κ1) is 15.8. The van der Waals surface area contributed by atoms with Crippen LogP contribution < -0.4 is 10.5 Å². The minimum absolute atomic E-state index is 0.120. The Morgan fingerprint density at radius 3 is 2.65 bits per heavy atom. The Balaban J connectivity index is 2.14. The maximum Gasteiger partial charge on any atom is 0.242 e. The van der Waals surface area contributed by atoms with E-state index in [4.69, 9.17) is 17.3 Å². The Kier molecular flexibility index (Phi) is 4.74. The van der Waals surface area contributed by atoms with Gasteiger partial charge in [-0.3, -0.25) is 0 Å². The zero-order chi connectivity index (χ0) is 14.8. The van der Waals surface area contributed by atoms with E-state index >= 15 is 0 Å². The van der Waals surface area contributed by atoms with Gasteiger partial charge >= 0.3 is 0 Å². The Morgan fingerprint density at radius 2 is 2.10 bits per heavy atom. The van der Waals surface area contributed by atoms with Gasteiger partial charge in [0.25, 0.3) is 0 Å². The molecule has 1 aromatic rings. The SMILES string of the molecule is CCCC1(CNS(=O)(=O)c2cc(CN)ccc2Cl)CC1. The van der Waals surface area contributed by atoms with Crippen molar-refractivity contribution < 1.29 is 8.42 Å². The zero-order valence-electron chi connectivity index (χ0n) is 11.7. The summed E-state index contributed by atoms with van der Waals surface area (Å²) in [6, 6.07) is 4.86. The third-order valence-electron chi connectivity index (χ3n) is 3.90. The van der Waals surface area contributed by atoms with E-state index in [9.17, 15) is 8.42 Å². The van der Waals surface area contributed by atoms with Crippen LogP contribution in [0, 0.1) is 5.41 Å². The molecule has 112 valence electrons. The molecule has 0 aliphatic heterocycles. The smallest absolute Gasteiger partial charge is 0.242 e. The number of nitrogens with one attached hydrogen (secondary N) is 1. The number of benzene rings is 1. The predicted octanol–water partition coefficient (Wildman–Crippen LogP) is 2.66. The van der Waals surface area contributed by atoms with Crippen LogP contribution in [-0.2, 0) is 16.6 Å². The van der Waals surface area contributed by atoms with E-state index in [-0.39, 0.29) is 15.3 Å². The van der Waals surface area contributed by atoms with Crippen molar-refractivity contribution in [3.05, 3.63) is 28.8 Å². The highest BCUT2D eigenvalue weighted by molar-refractivity contribution is 7.89. The lowest BCUT2D eigenvalue weighted by atomic mass is 10.0. The molecule has 1 saturated carbocycles. The van der Waals surface area contributed by atoms with Gasteiger partial charge in [0, 0.05) is 13.1 Å². The van der Waals surface area contributed by atoms with E-state index in [0.29, 0.717) is 13.1 Å². The van der Waals surface area contributed by atoms with Crippen LogP contribution in [0.4, 0.5) is 0 Å². The van der Waals surface area contributed by atoms with Gasteiger partial charge in [-0.2, -0.15) is 0 Å². The van der Waals surface area contributed by atoms with Gasteiger partial charge in [0.1, 0.15) is 4.90 Å². The first-order chi connectivity index (χ1) is 9.42. The molecule has 1 aliphatic rings. The van der Waals surface area contributed by atoms with Gasteiger partial charge in [-0.25, -0.2) is 13.1 Å². The topological polar surface area (TPSA) is 72.2 Å². The van der Waals surface area contributed by atoms with Crippen LogP contribution >= 0.6 is 11.6 Å². The molecule has 0 atom stereocenters. The fourth-order valence-electron chi connectivity index (χ4n) is 2.43. The summed E-state index contributed by atoms with van der Waals surface area (Å²) in [6.07, 6.45) is 4.33. The molecule has 6 heteroatoms. The average molecular weight is 317 g/mol. The molecule has 2 rings (SSSR count). The molecular formula is C14H21ClN2O2S. The van der Waals surface area contributed by atoms with Crippen LogP contribution in [0.1, 0.15) is 38.2 Å². The summed E-state index contributed by atoms with van der Waals surface area (Å²) < 4.78 is 27.4. The molecule has 1 aromatic carbocycles.